The average molecular weight is 489 g/mol. The molecule has 1 fully saturated rings. The number of esters is 1. The lowest BCUT2D eigenvalue weighted by Crippen LogP contribution is -2.54. The Morgan fingerprint density at radius 3 is 2.22 bits per heavy atom. The van der Waals surface area contributed by atoms with Crippen LogP contribution in [0.2, 0.25) is 0 Å². The first-order valence-corrected chi connectivity index (χ1v) is 12.5. The largest absolute Gasteiger partial charge is 0.460 e. The first kappa shape index (κ1) is 25.6. The van der Waals surface area contributed by atoms with Crippen LogP contribution < -0.4 is 5.73 Å². The van der Waals surface area contributed by atoms with Gasteiger partial charge in [-0.05, 0) is 70.0 Å². The zero-order valence-corrected chi connectivity index (χ0v) is 21.9. The summed E-state index contributed by atoms with van der Waals surface area (Å²) in [6, 6.07) is 13.6. The van der Waals surface area contributed by atoms with E-state index in [1.165, 1.54) is 0 Å². The molecule has 1 saturated heterocycles. The molecule has 0 aliphatic carbocycles. The van der Waals surface area contributed by atoms with Crippen molar-refractivity contribution in [3.05, 3.63) is 59.2 Å². The van der Waals surface area contributed by atoms with Gasteiger partial charge in [-0.3, -0.25) is 9.69 Å². The number of amides is 1. The molecule has 190 valence electrons. The van der Waals surface area contributed by atoms with Gasteiger partial charge in [0.15, 0.2) is 0 Å². The van der Waals surface area contributed by atoms with Gasteiger partial charge in [0.2, 0.25) is 0 Å². The monoisotopic (exact) mass is 488 g/mol. The topological polar surface area (TPSA) is 88.2 Å². The summed E-state index contributed by atoms with van der Waals surface area (Å²) in [5.41, 5.74) is 10.9. The van der Waals surface area contributed by atoms with E-state index in [9.17, 15) is 9.59 Å². The number of carbonyl (C=O) groups is 2. The molecule has 7 nitrogen and oxygen atoms in total. The van der Waals surface area contributed by atoms with Gasteiger partial charge in [0.1, 0.15) is 5.84 Å². The van der Waals surface area contributed by atoms with E-state index in [1.54, 1.807) is 6.08 Å². The molecular formula is C29H36N4O3. The maximum atomic E-state index is 13.1. The van der Waals surface area contributed by atoms with Crippen molar-refractivity contribution in [3.63, 3.8) is 0 Å². The summed E-state index contributed by atoms with van der Waals surface area (Å²) in [7, 11) is 0. The molecule has 0 aromatic heterocycles. The summed E-state index contributed by atoms with van der Waals surface area (Å²) in [5, 5.41) is 0. The van der Waals surface area contributed by atoms with E-state index in [0.29, 0.717) is 22.7 Å². The molecule has 2 aromatic carbocycles. The Labute approximate surface area is 213 Å². The highest BCUT2D eigenvalue weighted by Crippen LogP contribution is 2.32. The van der Waals surface area contributed by atoms with E-state index in [0.717, 1.165) is 42.9 Å². The Kier molecular flexibility index (Phi) is 7.31. The van der Waals surface area contributed by atoms with Gasteiger partial charge in [-0.2, -0.15) is 0 Å². The predicted molar refractivity (Wildman–Crippen MR) is 144 cm³/mol. The number of nitrogens with two attached hydrogens (primary N) is 1. The fourth-order valence-electron chi connectivity index (χ4n) is 4.56. The Bertz CT molecular complexity index is 1200. The third kappa shape index (κ3) is 5.85. The molecule has 1 amide bonds. The quantitative estimate of drug-likeness (QED) is 0.634. The number of ether oxygens (including phenoxy) is 1. The van der Waals surface area contributed by atoms with Crippen LogP contribution in [-0.4, -0.2) is 65.3 Å². The van der Waals surface area contributed by atoms with Crippen molar-refractivity contribution < 1.29 is 14.3 Å². The number of hydrogen-bond acceptors (Lipinski definition) is 6. The molecule has 2 heterocycles. The molecule has 7 heteroatoms. The van der Waals surface area contributed by atoms with Gasteiger partial charge in [-0.1, -0.05) is 24.3 Å². The Morgan fingerprint density at radius 2 is 1.61 bits per heavy atom. The average Bonchev–Trinajstić information content (AvgIpc) is 3.00. The highest BCUT2D eigenvalue weighted by atomic mass is 16.5. The molecule has 0 spiro atoms. The minimum Gasteiger partial charge on any atom is -0.460 e. The lowest BCUT2D eigenvalue weighted by Gasteiger charge is -2.42. The zero-order chi connectivity index (χ0) is 26.0. The van der Waals surface area contributed by atoms with E-state index in [2.05, 4.69) is 30.7 Å². The number of carbonyl (C=O) groups excluding carboxylic acids is 2. The van der Waals surface area contributed by atoms with Crippen LogP contribution in [0.15, 0.2) is 53.0 Å². The molecule has 0 bridgehead atoms. The molecule has 2 aliphatic rings. The minimum absolute atomic E-state index is 0.0698. The highest BCUT2D eigenvalue weighted by molar-refractivity contribution is 6.03. The van der Waals surface area contributed by atoms with Gasteiger partial charge < -0.3 is 15.4 Å². The molecule has 2 N–H and O–H groups in total. The molecule has 0 atom stereocenters. The third-order valence-corrected chi connectivity index (χ3v) is 6.58. The standard InChI is InChI=1S/C29H36N4O3/c1-19(2)36-28(35)24-16-23-11-10-22(17-25(23)31-26(30)18-24)20-6-8-21(9-7-20)27(34)32-12-14-33(15-13-32)29(3,4)5/h6-11,16-17,19H,12-15,18H2,1-5H3,(H2,30,31). The van der Waals surface area contributed by atoms with Crippen LogP contribution in [0.5, 0.6) is 0 Å². The number of hydrogen-bond donors (Lipinski definition) is 1. The van der Waals surface area contributed by atoms with Crippen molar-refractivity contribution in [2.24, 2.45) is 10.7 Å². The van der Waals surface area contributed by atoms with Crippen molar-refractivity contribution in [2.45, 2.75) is 52.7 Å². The number of nitrogens with zero attached hydrogens (tertiary/aromatic N) is 3. The SMILES string of the molecule is CC(C)OC(=O)C1=Cc2ccc(-c3ccc(C(=O)N4CCN(C(C)(C)C)CC4)cc3)cc2N=C(N)C1. The van der Waals surface area contributed by atoms with Gasteiger partial charge in [-0.25, -0.2) is 9.79 Å². The molecular weight excluding hydrogens is 452 g/mol. The van der Waals surface area contributed by atoms with Crippen molar-refractivity contribution in [1.82, 2.24) is 9.80 Å². The summed E-state index contributed by atoms with van der Waals surface area (Å²) in [4.78, 5) is 34.4. The number of amidine groups is 1. The van der Waals surface area contributed by atoms with E-state index in [1.807, 2.05) is 61.2 Å². The van der Waals surface area contributed by atoms with E-state index >= 15 is 0 Å². The Balaban J connectivity index is 1.50. The van der Waals surface area contributed by atoms with Crippen LogP contribution in [0.3, 0.4) is 0 Å². The van der Waals surface area contributed by atoms with E-state index < -0.39 is 0 Å². The molecule has 2 aliphatic heterocycles. The second kappa shape index (κ2) is 10.3. The third-order valence-electron chi connectivity index (χ3n) is 6.58. The molecule has 2 aromatic rings. The molecule has 0 saturated carbocycles. The number of rotatable bonds is 4. The summed E-state index contributed by atoms with van der Waals surface area (Å²) < 4.78 is 5.34. The fourth-order valence-corrected chi connectivity index (χ4v) is 4.56. The number of fused-ring (bicyclic) bond motifs is 1. The predicted octanol–water partition coefficient (Wildman–Crippen LogP) is 4.64. The zero-order valence-electron chi connectivity index (χ0n) is 21.9. The molecule has 4 rings (SSSR count). The summed E-state index contributed by atoms with van der Waals surface area (Å²) in [6.07, 6.45) is 1.84. The smallest absolute Gasteiger partial charge is 0.334 e. The number of benzene rings is 2. The van der Waals surface area contributed by atoms with E-state index in [-0.39, 0.29) is 29.9 Å². The summed E-state index contributed by atoms with van der Waals surface area (Å²) in [5.74, 6) is 0.0610. The maximum Gasteiger partial charge on any atom is 0.334 e. The van der Waals surface area contributed by atoms with Crippen molar-refractivity contribution >= 4 is 29.5 Å². The van der Waals surface area contributed by atoms with Gasteiger partial charge in [0, 0.05) is 54.8 Å². The van der Waals surface area contributed by atoms with Crippen molar-refractivity contribution in [3.8, 4) is 11.1 Å². The number of aliphatic imine (C=N–C) groups is 1. The molecule has 36 heavy (non-hydrogen) atoms. The van der Waals surface area contributed by atoms with Crippen LogP contribution in [0.1, 0.15) is 57.0 Å². The van der Waals surface area contributed by atoms with Gasteiger partial charge in [-0.15, -0.1) is 0 Å². The van der Waals surface area contributed by atoms with Crippen LogP contribution in [0, 0.1) is 0 Å². The first-order chi connectivity index (χ1) is 17.0. The first-order valence-electron chi connectivity index (χ1n) is 12.5. The molecule has 0 unspecified atom stereocenters. The summed E-state index contributed by atoms with van der Waals surface area (Å²) >= 11 is 0. The number of piperazine rings is 1. The van der Waals surface area contributed by atoms with E-state index in [4.69, 9.17) is 10.5 Å². The highest BCUT2D eigenvalue weighted by Gasteiger charge is 2.28. The normalized spacial score (nSPS) is 16.7. The second-order valence-electron chi connectivity index (χ2n) is 10.7. The summed E-state index contributed by atoms with van der Waals surface area (Å²) in [6.45, 7) is 13.5. The van der Waals surface area contributed by atoms with Crippen molar-refractivity contribution in [1.29, 1.82) is 0 Å². The lowest BCUT2D eigenvalue weighted by molar-refractivity contribution is -0.142. The van der Waals surface area contributed by atoms with Gasteiger partial charge >= 0.3 is 5.97 Å². The van der Waals surface area contributed by atoms with Crippen LogP contribution in [-0.2, 0) is 9.53 Å². The van der Waals surface area contributed by atoms with Crippen molar-refractivity contribution in [2.75, 3.05) is 26.2 Å². The maximum absolute atomic E-state index is 13.1. The Morgan fingerprint density at radius 1 is 0.972 bits per heavy atom. The van der Waals surface area contributed by atoms with Gasteiger partial charge in [0.25, 0.3) is 5.91 Å². The van der Waals surface area contributed by atoms with Gasteiger partial charge in [0.05, 0.1) is 11.8 Å². The minimum atomic E-state index is -0.375. The lowest BCUT2D eigenvalue weighted by atomic mass is 10.00. The van der Waals surface area contributed by atoms with Crippen LogP contribution in [0.4, 0.5) is 5.69 Å². The Hall–Kier alpha value is -3.45. The fraction of sp³-hybridized carbons (Fsp3) is 0.414. The van der Waals surface area contributed by atoms with Crippen LogP contribution >= 0.6 is 0 Å². The molecule has 0 radical (unpaired) electrons. The van der Waals surface area contributed by atoms with Crippen LogP contribution in [0.25, 0.3) is 17.2 Å². The second-order valence-corrected chi connectivity index (χ2v) is 10.7.